The van der Waals surface area contributed by atoms with Crippen molar-refractivity contribution in [2.45, 2.75) is 38.2 Å². The molecule has 0 saturated carbocycles. The van der Waals surface area contributed by atoms with E-state index in [0.717, 1.165) is 10.9 Å². The topological polar surface area (TPSA) is 12.0 Å². The second-order valence-corrected chi connectivity index (χ2v) is 6.35. The normalized spacial score (nSPS) is 14.4. The minimum Gasteiger partial charge on any atom is -0.305 e. The summed E-state index contributed by atoms with van der Waals surface area (Å²) >= 11 is 13.5. The number of thiophene rings is 1. The maximum Gasteiger partial charge on any atom is 0.0931 e. The predicted molar refractivity (Wildman–Crippen MR) is 65.6 cm³/mol. The summed E-state index contributed by atoms with van der Waals surface area (Å²) in [5.41, 5.74) is -0.0575. The summed E-state index contributed by atoms with van der Waals surface area (Å²) in [6.07, 6.45) is 0. The zero-order chi connectivity index (χ0) is 10.8. The van der Waals surface area contributed by atoms with Gasteiger partial charge in [0.05, 0.1) is 4.34 Å². The van der Waals surface area contributed by atoms with Crippen molar-refractivity contribution in [3.8, 4) is 0 Å². The van der Waals surface area contributed by atoms with Crippen molar-refractivity contribution in [2.24, 2.45) is 0 Å². The highest BCUT2D eigenvalue weighted by atomic mass is 35.5. The van der Waals surface area contributed by atoms with Gasteiger partial charge in [0.1, 0.15) is 0 Å². The van der Waals surface area contributed by atoms with E-state index in [1.807, 2.05) is 19.1 Å². The maximum absolute atomic E-state index is 6.06. The monoisotopic (exact) mass is 251 g/mol. The SMILES string of the molecule is CC(Cl)C(C)(C)NCc1ccc(Cl)s1. The Hall–Kier alpha value is 0.240. The first-order valence-electron chi connectivity index (χ1n) is 4.55. The molecule has 1 nitrogen and oxygen atoms in total. The van der Waals surface area contributed by atoms with Crippen LogP contribution in [0.2, 0.25) is 4.34 Å². The lowest BCUT2D eigenvalue weighted by Crippen LogP contribution is -2.45. The molecule has 0 bridgehead atoms. The van der Waals surface area contributed by atoms with Crippen LogP contribution in [0, 0.1) is 0 Å². The fourth-order valence-corrected chi connectivity index (χ4v) is 2.01. The van der Waals surface area contributed by atoms with Crippen molar-refractivity contribution in [3.63, 3.8) is 0 Å². The van der Waals surface area contributed by atoms with E-state index in [4.69, 9.17) is 23.2 Å². The number of alkyl halides is 1. The van der Waals surface area contributed by atoms with Gasteiger partial charge in [0.25, 0.3) is 0 Å². The average Bonchev–Trinajstić information content (AvgIpc) is 2.48. The molecule has 0 aliphatic heterocycles. The van der Waals surface area contributed by atoms with Crippen LogP contribution in [0.3, 0.4) is 0 Å². The van der Waals surface area contributed by atoms with Gasteiger partial charge in [-0.15, -0.1) is 22.9 Å². The zero-order valence-corrected chi connectivity index (χ0v) is 10.9. The maximum atomic E-state index is 6.06. The van der Waals surface area contributed by atoms with Crippen molar-refractivity contribution >= 4 is 34.5 Å². The van der Waals surface area contributed by atoms with Crippen molar-refractivity contribution in [3.05, 3.63) is 21.3 Å². The molecular formula is C10H15Cl2NS. The third-order valence-corrected chi connectivity index (χ3v) is 4.12. The third kappa shape index (κ3) is 3.43. The van der Waals surface area contributed by atoms with E-state index in [1.165, 1.54) is 4.88 Å². The van der Waals surface area contributed by atoms with E-state index in [2.05, 4.69) is 19.2 Å². The van der Waals surface area contributed by atoms with E-state index in [0.29, 0.717) is 0 Å². The molecule has 80 valence electrons. The predicted octanol–water partition coefficient (Wildman–Crippen LogP) is 3.90. The molecule has 0 aliphatic rings. The molecule has 1 aromatic rings. The zero-order valence-electron chi connectivity index (χ0n) is 8.60. The highest BCUT2D eigenvalue weighted by Crippen LogP contribution is 2.22. The number of nitrogens with one attached hydrogen (secondary N) is 1. The van der Waals surface area contributed by atoms with Crippen LogP contribution in [0.1, 0.15) is 25.6 Å². The van der Waals surface area contributed by atoms with Gasteiger partial charge in [-0.3, -0.25) is 0 Å². The molecule has 14 heavy (non-hydrogen) atoms. The van der Waals surface area contributed by atoms with Crippen LogP contribution >= 0.6 is 34.5 Å². The average molecular weight is 252 g/mol. The first-order chi connectivity index (χ1) is 6.42. The largest absolute Gasteiger partial charge is 0.305 e. The van der Waals surface area contributed by atoms with Gasteiger partial charge in [0.2, 0.25) is 0 Å². The van der Waals surface area contributed by atoms with Gasteiger partial charge in [0, 0.05) is 22.3 Å². The van der Waals surface area contributed by atoms with Gasteiger partial charge < -0.3 is 5.32 Å². The third-order valence-electron chi connectivity index (χ3n) is 2.34. The molecule has 0 saturated heterocycles. The number of hydrogen-bond donors (Lipinski definition) is 1. The second-order valence-electron chi connectivity index (χ2n) is 3.90. The molecular weight excluding hydrogens is 237 g/mol. The summed E-state index contributed by atoms with van der Waals surface area (Å²) in [4.78, 5) is 1.24. The van der Waals surface area contributed by atoms with E-state index < -0.39 is 0 Å². The van der Waals surface area contributed by atoms with Crippen molar-refractivity contribution < 1.29 is 0 Å². The standard InChI is InChI=1S/C10H15Cl2NS/c1-7(11)10(2,3)13-6-8-4-5-9(12)14-8/h4-5,7,13H,6H2,1-3H3. The fraction of sp³-hybridized carbons (Fsp3) is 0.600. The molecule has 0 aromatic carbocycles. The molecule has 1 N–H and O–H groups in total. The fourth-order valence-electron chi connectivity index (χ4n) is 0.902. The lowest BCUT2D eigenvalue weighted by molar-refractivity contribution is 0.382. The van der Waals surface area contributed by atoms with Gasteiger partial charge in [-0.1, -0.05) is 11.6 Å². The first-order valence-corrected chi connectivity index (χ1v) is 6.18. The lowest BCUT2D eigenvalue weighted by Gasteiger charge is -2.28. The molecule has 0 aliphatic carbocycles. The second kappa shape index (κ2) is 4.84. The highest BCUT2D eigenvalue weighted by Gasteiger charge is 2.23. The summed E-state index contributed by atoms with van der Waals surface area (Å²) in [7, 11) is 0. The van der Waals surface area contributed by atoms with Crippen LogP contribution in [-0.2, 0) is 6.54 Å². The van der Waals surface area contributed by atoms with Crippen LogP contribution in [0.25, 0.3) is 0 Å². The number of hydrogen-bond acceptors (Lipinski definition) is 2. The van der Waals surface area contributed by atoms with E-state index >= 15 is 0 Å². The van der Waals surface area contributed by atoms with Gasteiger partial charge in [-0.25, -0.2) is 0 Å². The Labute approximate surface area is 99.4 Å². The molecule has 1 heterocycles. The molecule has 1 unspecified atom stereocenters. The van der Waals surface area contributed by atoms with Crippen LogP contribution < -0.4 is 5.32 Å². The number of halogens is 2. The Morgan fingerprint density at radius 2 is 2.14 bits per heavy atom. The van der Waals surface area contributed by atoms with Crippen LogP contribution in [0.4, 0.5) is 0 Å². The summed E-state index contributed by atoms with van der Waals surface area (Å²) in [6.45, 7) is 7.01. The summed E-state index contributed by atoms with van der Waals surface area (Å²) < 4.78 is 0.832. The van der Waals surface area contributed by atoms with Gasteiger partial charge in [0.15, 0.2) is 0 Å². The summed E-state index contributed by atoms with van der Waals surface area (Å²) in [5, 5.41) is 3.50. The number of rotatable bonds is 4. The van der Waals surface area contributed by atoms with Gasteiger partial charge in [-0.2, -0.15) is 0 Å². The lowest BCUT2D eigenvalue weighted by atomic mass is 10.0. The van der Waals surface area contributed by atoms with E-state index in [9.17, 15) is 0 Å². The summed E-state index contributed by atoms with van der Waals surface area (Å²) in [6, 6.07) is 3.95. The molecule has 0 radical (unpaired) electrons. The quantitative estimate of drug-likeness (QED) is 0.801. The summed E-state index contributed by atoms with van der Waals surface area (Å²) in [5.74, 6) is 0. The molecule has 1 atom stereocenters. The van der Waals surface area contributed by atoms with E-state index in [1.54, 1.807) is 11.3 Å². The first kappa shape index (κ1) is 12.3. The van der Waals surface area contributed by atoms with Gasteiger partial charge in [-0.05, 0) is 32.9 Å². The molecule has 4 heteroatoms. The van der Waals surface area contributed by atoms with Crippen LogP contribution in [0.5, 0.6) is 0 Å². The van der Waals surface area contributed by atoms with Crippen LogP contribution in [-0.4, -0.2) is 10.9 Å². The molecule has 0 amide bonds. The van der Waals surface area contributed by atoms with Crippen molar-refractivity contribution in [1.82, 2.24) is 5.32 Å². The molecule has 1 rings (SSSR count). The molecule has 0 spiro atoms. The van der Waals surface area contributed by atoms with Gasteiger partial charge >= 0.3 is 0 Å². The van der Waals surface area contributed by atoms with Crippen molar-refractivity contribution in [1.29, 1.82) is 0 Å². The Bertz CT molecular complexity index is 294. The molecule has 0 fully saturated rings. The Morgan fingerprint density at radius 3 is 2.57 bits per heavy atom. The Kier molecular flexibility index (Phi) is 4.26. The van der Waals surface area contributed by atoms with Crippen molar-refractivity contribution in [2.75, 3.05) is 0 Å². The van der Waals surface area contributed by atoms with Crippen LogP contribution in [0.15, 0.2) is 12.1 Å². The molecule has 1 aromatic heterocycles. The minimum atomic E-state index is -0.0575. The van der Waals surface area contributed by atoms with E-state index in [-0.39, 0.29) is 10.9 Å². The smallest absolute Gasteiger partial charge is 0.0931 e. The highest BCUT2D eigenvalue weighted by molar-refractivity contribution is 7.16. The Balaban J connectivity index is 2.48. The Morgan fingerprint density at radius 1 is 1.50 bits per heavy atom. The minimum absolute atomic E-state index is 0.0575.